The van der Waals surface area contributed by atoms with E-state index >= 15 is 0 Å². The first kappa shape index (κ1) is 82.0. The van der Waals surface area contributed by atoms with Crippen LogP contribution in [-0.2, 0) is 65.4 Å². The molecule has 0 saturated heterocycles. The lowest BCUT2D eigenvalue weighted by atomic mass is 10.1. The monoisotopic (exact) mass is 1220 g/mol. The number of phosphoric acid groups is 2. The van der Waals surface area contributed by atoms with Gasteiger partial charge in [0.1, 0.15) is 25.4 Å². The summed E-state index contributed by atoms with van der Waals surface area (Å²) in [5, 5.41) is 36.3. The molecule has 20 nitrogen and oxygen atoms in total. The van der Waals surface area contributed by atoms with Crippen molar-refractivity contribution in [2.75, 3.05) is 52.9 Å². The smallest absolute Gasteiger partial charge is 0.462 e. The zero-order valence-electron chi connectivity index (χ0n) is 51.5. The number of phosphoric ester groups is 2. The van der Waals surface area contributed by atoms with E-state index in [0.717, 1.165) is 77.0 Å². The summed E-state index contributed by atoms with van der Waals surface area (Å²) in [6, 6.07) is 0. The molecule has 0 heterocycles. The third-order valence-corrected chi connectivity index (χ3v) is 15.4. The van der Waals surface area contributed by atoms with Crippen LogP contribution in [0.4, 0.5) is 0 Å². The maximum atomic E-state index is 12.4. The Labute approximate surface area is 495 Å². The van der Waals surface area contributed by atoms with Gasteiger partial charge < -0.3 is 49.2 Å². The van der Waals surface area contributed by atoms with Crippen molar-refractivity contribution < 1.29 is 95.6 Å². The Morgan fingerprint density at radius 2 is 0.524 bits per heavy atom. The van der Waals surface area contributed by atoms with Crippen molar-refractivity contribution in [2.45, 2.75) is 309 Å². The van der Waals surface area contributed by atoms with Gasteiger partial charge in [-0.3, -0.25) is 37.3 Å². The molecule has 22 heteroatoms. The maximum absolute atomic E-state index is 12.4. The largest absolute Gasteiger partial charge is 0.472 e. The molecule has 0 aliphatic heterocycles. The van der Waals surface area contributed by atoms with E-state index < -0.39 is 104 Å². The minimum absolute atomic E-state index is 0.189. The molecule has 0 aliphatic rings. The highest BCUT2D eigenvalue weighted by Crippen LogP contribution is 2.44. The molecule has 0 spiro atoms. The molecule has 0 aromatic rings. The number of hydrogen-bond acceptors (Lipinski definition) is 18. The number of ether oxygens (including phenoxy) is 4. The van der Waals surface area contributed by atoms with Crippen molar-refractivity contribution in [3.63, 3.8) is 0 Å². The summed E-state index contributed by atoms with van der Waals surface area (Å²) >= 11 is 0. The number of carbonyl (C=O) groups excluding carboxylic acids is 4. The third kappa shape index (κ3) is 59.7. The molecule has 6 N–H and O–H groups in total. The highest BCUT2D eigenvalue weighted by molar-refractivity contribution is 7.47. The Morgan fingerprint density at radius 1 is 0.317 bits per heavy atom. The Balaban J connectivity index is 0. The van der Waals surface area contributed by atoms with Crippen LogP contribution in [-0.4, -0.2) is 131 Å². The highest BCUT2D eigenvalue weighted by atomic mass is 31.2. The zero-order chi connectivity index (χ0) is 61.2. The van der Waals surface area contributed by atoms with E-state index in [1.54, 1.807) is 0 Å². The van der Waals surface area contributed by atoms with Crippen LogP contribution < -0.4 is 0 Å². The van der Waals surface area contributed by atoms with Crippen molar-refractivity contribution in [3.05, 3.63) is 0 Å². The van der Waals surface area contributed by atoms with Gasteiger partial charge in [0, 0.05) is 25.7 Å². The van der Waals surface area contributed by atoms with Gasteiger partial charge >= 0.3 is 39.5 Å². The number of aliphatic hydroxyl groups excluding tert-OH is 4. The predicted octanol–water partition coefficient (Wildman–Crippen LogP) is 13.5. The summed E-state index contributed by atoms with van der Waals surface area (Å²) in [6.07, 6.45) is 36.2. The molecular weight excluding hydrogens is 1100 g/mol. The second-order valence-corrected chi connectivity index (χ2v) is 24.6. The topological polar surface area (TPSA) is 298 Å². The van der Waals surface area contributed by atoms with Crippen LogP contribution in [0.2, 0.25) is 0 Å². The van der Waals surface area contributed by atoms with Gasteiger partial charge in [0.05, 0.1) is 39.6 Å². The van der Waals surface area contributed by atoms with E-state index in [9.17, 15) is 48.3 Å². The molecule has 0 fully saturated rings. The van der Waals surface area contributed by atoms with Crippen molar-refractivity contribution in [1.82, 2.24) is 0 Å². The van der Waals surface area contributed by atoms with Crippen LogP contribution >= 0.6 is 15.6 Å². The molecule has 0 aromatic heterocycles. The second kappa shape index (κ2) is 59.3. The molecule has 6 atom stereocenters. The Bertz CT molecular complexity index is 1460. The highest BCUT2D eigenvalue weighted by Gasteiger charge is 2.29. The third-order valence-electron chi connectivity index (χ3n) is 13.5. The van der Waals surface area contributed by atoms with Crippen LogP contribution in [0.3, 0.4) is 0 Å². The van der Waals surface area contributed by atoms with Crippen LogP contribution in [0.5, 0.6) is 0 Å². The molecule has 82 heavy (non-hydrogen) atoms. The summed E-state index contributed by atoms with van der Waals surface area (Å²) in [5.41, 5.74) is 0. The molecular formula is C60H118O20P2. The SMILES string of the molecule is CCCCCCCCCCCC(=O)OC[C@H](COP(=O)(O)OCC(O)CO)OC(=O)CCCCCCCCCCC.CCCCCCCCCCCC(=O)OC[C@H](COP(=O)(O)OCC(O)CO)OC(=O)CCCCCCCCCCC. The summed E-state index contributed by atoms with van der Waals surface area (Å²) < 4.78 is 64.6. The van der Waals surface area contributed by atoms with Gasteiger partial charge in [0.25, 0.3) is 0 Å². The lowest BCUT2D eigenvalue weighted by Crippen LogP contribution is -2.29. The van der Waals surface area contributed by atoms with Crippen LogP contribution in [0.1, 0.15) is 285 Å². The zero-order valence-corrected chi connectivity index (χ0v) is 53.3. The van der Waals surface area contributed by atoms with Crippen molar-refractivity contribution in [3.8, 4) is 0 Å². The van der Waals surface area contributed by atoms with Crippen LogP contribution in [0, 0.1) is 0 Å². The molecule has 0 rings (SSSR count). The molecule has 0 bridgehead atoms. The normalized spacial score (nSPS) is 14.4. The van der Waals surface area contributed by atoms with Gasteiger partial charge in [-0.05, 0) is 25.7 Å². The van der Waals surface area contributed by atoms with Gasteiger partial charge in [0.15, 0.2) is 12.2 Å². The van der Waals surface area contributed by atoms with E-state index in [-0.39, 0.29) is 38.9 Å². The first-order chi connectivity index (χ1) is 39.5. The number of esters is 4. The van der Waals surface area contributed by atoms with E-state index in [1.807, 2.05) is 0 Å². The van der Waals surface area contributed by atoms with Gasteiger partial charge in [0.2, 0.25) is 0 Å². The van der Waals surface area contributed by atoms with E-state index in [4.69, 9.17) is 38.2 Å². The first-order valence-electron chi connectivity index (χ1n) is 32.0. The Hall–Kier alpha value is -2.06. The number of rotatable bonds is 60. The molecule has 488 valence electrons. The molecule has 4 unspecified atom stereocenters. The van der Waals surface area contributed by atoms with Gasteiger partial charge in [-0.15, -0.1) is 0 Å². The first-order valence-corrected chi connectivity index (χ1v) is 35.0. The molecule has 0 saturated carbocycles. The van der Waals surface area contributed by atoms with E-state index in [2.05, 4.69) is 36.7 Å². The van der Waals surface area contributed by atoms with E-state index in [0.29, 0.717) is 25.7 Å². The van der Waals surface area contributed by atoms with Crippen molar-refractivity contribution in [1.29, 1.82) is 0 Å². The molecule has 0 radical (unpaired) electrons. The lowest BCUT2D eigenvalue weighted by Gasteiger charge is -2.20. The summed E-state index contributed by atoms with van der Waals surface area (Å²) in [5.74, 6) is -1.85. The quantitative estimate of drug-likeness (QED) is 0.0143. The fourth-order valence-electron chi connectivity index (χ4n) is 8.45. The van der Waals surface area contributed by atoms with Crippen LogP contribution in [0.25, 0.3) is 0 Å². The van der Waals surface area contributed by atoms with Gasteiger partial charge in [-0.1, -0.05) is 233 Å². The Morgan fingerprint density at radius 3 is 0.756 bits per heavy atom. The van der Waals surface area contributed by atoms with Crippen molar-refractivity contribution >= 4 is 39.5 Å². The van der Waals surface area contributed by atoms with Crippen molar-refractivity contribution in [2.24, 2.45) is 0 Å². The molecule has 0 aromatic carbocycles. The summed E-state index contributed by atoms with van der Waals surface area (Å²) in [7, 11) is -9.18. The predicted molar refractivity (Wildman–Crippen MR) is 319 cm³/mol. The Kier molecular flexibility index (Phi) is 59.3. The molecule has 0 aliphatic carbocycles. The number of unbranched alkanes of at least 4 members (excludes halogenated alkanes) is 32. The van der Waals surface area contributed by atoms with Gasteiger partial charge in [-0.2, -0.15) is 0 Å². The number of carbonyl (C=O) groups is 4. The fourth-order valence-corrected chi connectivity index (χ4v) is 10.0. The summed E-state index contributed by atoms with van der Waals surface area (Å²) in [4.78, 5) is 68.9. The number of aliphatic hydroxyl groups is 4. The lowest BCUT2D eigenvalue weighted by molar-refractivity contribution is -0.161. The number of hydrogen-bond donors (Lipinski definition) is 6. The average molecular weight is 1220 g/mol. The average Bonchev–Trinajstić information content (AvgIpc) is 3.46. The minimum Gasteiger partial charge on any atom is -0.462 e. The van der Waals surface area contributed by atoms with Gasteiger partial charge in [-0.25, -0.2) is 9.13 Å². The fraction of sp³-hybridized carbons (Fsp3) is 0.933. The minimum atomic E-state index is -4.59. The standard InChI is InChI=1S/2C30H59O10P/c2*1-3-5-7-9-11-13-15-17-19-21-29(33)37-25-28(26-39-41(35,36)38-24-27(32)23-31)40-30(34)22-20-18-16-14-12-10-8-6-4-2/h2*27-28,31-32H,3-26H2,1-2H3,(H,35,36)/t2*27?,28-/m11/s1. The maximum Gasteiger partial charge on any atom is 0.472 e. The van der Waals surface area contributed by atoms with E-state index in [1.165, 1.54) is 128 Å². The summed E-state index contributed by atoms with van der Waals surface area (Å²) in [6.45, 7) is 4.60. The van der Waals surface area contributed by atoms with Crippen LogP contribution in [0.15, 0.2) is 0 Å². The molecule has 0 amide bonds. The second-order valence-electron chi connectivity index (χ2n) is 21.7.